The number of hydrogen-bond donors (Lipinski definition) is 0. The fourth-order valence-corrected chi connectivity index (χ4v) is 5.80. The number of aromatic nitrogens is 1. The molecule has 1 aromatic heterocycles. The second kappa shape index (κ2) is 5.88. The highest BCUT2D eigenvalue weighted by Gasteiger charge is 2.37. The van der Waals surface area contributed by atoms with Crippen LogP contribution in [0.15, 0.2) is 60.7 Å². The molecule has 4 aromatic rings. The third kappa shape index (κ3) is 2.15. The van der Waals surface area contributed by atoms with Crippen LogP contribution in [0.2, 0.25) is 0 Å². The Morgan fingerprint density at radius 3 is 2.43 bits per heavy atom. The van der Waals surface area contributed by atoms with Gasteiger partial charge in [-0.15, -0.1) is 0 Å². The molecule has 1 aliphatic heterocycles. The lowest BCUT2D eigenvalue weighted by molar-refractivity contribution is 0.396. The van der Waals surface area contributed by atoms with Crippen molar-refractivity contribution in [1.82, 2.24) is 4.57 Å². The molecule has 1 saturated carbocycles. The Balaban J connectivity index is 1.49. The van der Waals surface area contributed by atoms with E-state index in [-0.39, 0.29) is 0 Å². The van der Waals surface area contributed by atoms with Gasteiger partial charge in [0.2, 0.25) is 0 Å². The first kappa shape index (κ1) is 16.2. The Kier molecular flexibility index (Phi) is 3.41. The van der Waals surface area contributed by atoms with Gasteiger partial charge in [-0.25, -0.2) is 0 Å². The van der Waals surface area contributed by atoms with Crippen LogP contribution in [0, 0.1) is 0 Å². The largest absolute Gasteiger partial charge is 0.371 e. The molecule has 0 bridgehead atoms. The molecular formula is C26H26N2. The van der Waals surface area contributed by atoms with Crippen LogP contribution < -0.4 is 4.90 Å². The fourth-order valence-electron chi connectivity index (χ4n) is 5.80. The van der Waals surface area contributed by atoms with E-state index in [1.807, 2.05) is 0 Å². The molecule has 140 valence electrons. The highest BCUT2D eigenvalue weighted by Crippen LogP contribution is 2.48. The average molecular weight is 367 g/mol. The van der Waals surface area contributed by atoms with Gasteiger partial charge in [-0.3, -0.25) is 0 Å². The van der Waals surface area contributed by atoms with E-state index in [0.717, 1.165) is 5.92 Å². The predicted molar refractivity (Wildman–Crippen MR) is 119 cm³/mol. The first-order valence-electron chi connectivity index (χ1n) is 10.6. The summed E-state index contributed by atoms with van der Waals surface area (Å²) in [5.41, 5.74) is 8.27. The number of hydrogen-bond acceptors (Lipinski definition) is 1. The Morgan fingerprint density at radius 2 is 1.50 bits per heavy atom. The van der Waals surface area contributed by atoms with Gasteiger partial charge in [0.25, 0.3) is 0 Å². The Labute approximate surface area is 166 Å². The van der Waals surface area contributed by atoms with Gasteiger partial charge in [0.05, 0.1) is 0 Å². The summed E-state index contributed by atoms with van der Waals surface area (Å²) in [4.78, 5) is 2.55. The maximum Gasteiger partial charge on any atom is 0.0494 e. The Bertz CT molecular complexity index is 1220. The van der Waals surface area contributed by atoms with Crippen LogP contribution in [0.5, 0.6) is 0 Å². The van der Waals surface area contributed by atoms with E-state index in [4.69, 9.17) is 0 Å². The monoisotopic (exact) mass is 366 g/mol. The van der Waals surface area contributed by atoms with Gasteiger partial charge in [0.15, 0.2) is 0 Å². The van der Waals surface area contributed by atoms with Gasteiger partial charge < -0.3 is 9.47 Å². The first-order chi connectivity index (χ1) is 13.7. The van der Waals surface area contributed by atoms with Gasteiger partial charge in [0.1, 0.15) is 0 Å². The lowest BCUT2D eigenvalue weighted by atomic mass is 9.82. The molecule has 2 heteroatoms. The zero-order chi connectivity index (χ0) is 18.8. The molecule has 0 spiro atoms. The summed E-state index contributed by atoms with van der Waals surface area (Å²) in [6, 6.07) is 23.5. The van der Waals surface area contributed by atoms with E-state index in [2.05, 4.69) is 84.2 Å². The number of aryl methyl sites for hydroxylation is 1. The highest BCUT2D eigenvalue weighted by molar-refractivity contribution is 6.09. The van der Waals surface area contributed by atoms with Crippen molar-refractivity contribution in [3.63, 3.8) is 0 Å². The van der Waals surface area contributed by atoms with Crippen molar-refractivity contribution in [2.24, 2.45) is 7.05 Å². The second-order valence-electron chi connectivity index (χ2n) is 8.65. The fraction of sp³-hybridized carbons (Fsp3) is 0.308. The van der Waals surface area contributed by atoms with Crippen LogP contribution in [-0.2, 0) is 7.05 Å². The van der Waals surface area contributed by atoms with Gasteiger partial charge in [-0.2, -0.15) is 0 Å². The second-order valence-corrected chi connectivity index (χ2v) is 8.65. The average Bonchev–Trinajstić information content (AvgIpc) is 3.20. The predicted octanol–water partition coefficient (Wildman–Crippen LogP) is 6.47. The number of anilines is 1. The highest BCUT2D eigenvalue weighted by atomic mass is 15.2. The van der Waals surface area contributed by atoms with Crippen molar-refractivity contribution >= 4 is 27.5 Å². The van der Waals surface area contributed by atoms with Crippen molar-refractivity contribution in [2.45, 2.75) is 37.6 Å². The summed E-state index contributed by atoms with van der Waals surface area (Å²) < 4.78 is 2.32. The minimum atomic E-state index is 0.708. The molecule has 2 aliphatic rings. The summed E-state index contributed by atoms with van der Waals surface area (Å²) >= 11 is 0. The molecular weight excluding hydrogens is 340 g/mol. The smallest absolute Gasteiger partial charge is 0.0494 e. The maximum absolute atomic E-state index is 2.55. The number of benzene rings is 3. The number of likely N-dealkylation sites (N-methyl/N-ethyl adjacent to an activating group) is 1. The summed E-state index contributed by atoms with van der Waals surface area (Å²) in [7, 11) is 4.47. The van der Waals surface area contributed by atoms with Crippen molar-refractivity contribution in [3.05, 3.63) is 66.2 Å². The maximum atomic E-state index is 2.55. The molecule has 2 unspecified atom stereocenters. The molecule has 0 saturated heterocycles. The number of nitrogens with zero attached hydrogens (tertiary/aromatic N) is 2. The SMILES string of the molecule is CN1c2cc(-c3ccc4c5ccccc5n(C)c4c3)ccc2C2CCCCC21. The van der Waals surface area contributed by atoms with Crippen molar-refractivity contribution < 1.29 is 0 Å². The molecule has 2 atom stereocenters. The van der Waals surface area contributed by atoms with Gasteiger partial charge in [-0.05, 0) is 47.7 Å². The van der Waals surface area contributed by atoms with Crippen LogP contribution in [0.4, 0.5) is 5.69 Å². The Hall–Kier alpha value is -2.74. The number of fused-ring (bicyclic) bond motifs is 6. The van der Waals surface area contributed by atoms with Gasteiger partial charge in [-0.1, -0.05) is 55.3 Å². The molecule has 1 fully saturated rings. The molecule has 28 heavy (non-hydrogen) atoms. The van der Waals surface area contributed by atoms with E-state index in [1.54, 1.807) is 5.56 Å². The summed E-state index contributed by atoms with van der Waals surface area (Å²) in [6.45, 7) is 0. The summed E-state index contributed by atoms with van der Waals surface area (Å²) in [6.07, 6.45) is 5.45. The minimum absolute atomic E-state index is 0.708. The molecule has 3 aromatic carbocycles. The topological polar surface area (TPSA) is 8.17 Å². The van der Waals surface area contributed by atoms with E-state index < -0.39 is 0 Å². The van der Waals surface area contributed by atoms with E-state index >= 15 is 0 Å². The van der Waals surface area contributed by atoms with E-state index in [0.29, 0.717) is 6.04 Å². The van der Waals surface area contributed by atoms with Gasteiger partial charge in [0, 0.05) is 53.5 Å². The van der Waals surface area contributed by atoms with Crippen molar-refractivity contribution in [3.8, 4) is 11.1 Å². The molecule has 1 aliphatic carbocycles. The summed E-state index contributed by atoms with van der Waals surface area (Å²) in [5.74, 6) is 0.739. The quantitative estimate of drug-likeness (QED) is 0.374. The number of para-hydroxylation sites is 1. The summed E-state index contributed by atoms with van der Waals surface area (Å²) in [5, 5.41) is 2.68. The molecule has 0 amide bonds. The van der Waals surface area contributed by atoms with Crippen molar-refractivity contribution in [1.29, 1.82) is 0 Å². The van der Waals surface area contributed by atoms with Crippen LogP contribution >= 0.6 is 0 Å². The van der Waals surface area contributed by atoms with Crippen molar-refractivity contribution in [2.75, 3.05) is 11.9 Å². The van der Waals surface area contributed by atoms with Gasteiger partial charge >= 0.3 is 0 Å². The molecule has 2 nitrogen and oxygen atoms in total. The lowest BCUT2D eigenvalue weighted by Crippen LogP contribution is -2.32. The minimum Gasteiger partial charge on any atom is -0.371 e. The van der Waals surface area contributed by atoms with Crippen LogP contribution in [0.25, 0.3) is 32.9 Å². The van der Waals surface area contributed by atoms with E-state index in [9.17, 15) is 0 Å². The molecule has 0 radical (unpaired) electrons. The van der Waals surface area contributed by atoms with Crippen LogP contribution in [0.3, 0.4) is 0 Å². The lowest BCUT2D eigenvalue weighted by Gasteiger charge is -2.30. The molecule has 0 N–H and O–H groups in total. The van der Waals surface area contributed by atoms with E-state index in [1.165, 1.54) is 64.3 Å². The standard InChI is InChI=1S/C26H26N2/c1-27-23-9-5-3-7-19(23)21-13-11-17(15-25(21)27)18-12-14-22-20-8-4-6-10-24(20)28(2)26(22)16-18/h3,5,7,9,11-16,20,24H,4,6,8,10H2,1-2H3. The van der Waals surface area contributed by atoms with Crippen LogP contribution in [-0.4, -0.2) is 17.7 Å². The zero-order valence-corrected chi connectivity index (χ0v) is 16.7. The third-order valence-electron chi connectivity index (χ3n) is 7.28. The third-order valence-corrected chi connectivity index (χ3v) is 7.28. The first-order valence-corrected chi connectivity index (χ1v) is 10.6. The molecule has 6 rings (SSSR count). The normalized spacial score (nSPS) is 21.3. The van der Waals surface area contributed by atoms with Crippen LogP contribution in [0.1, 0.15) is 37.2 Å². The zero-order valence-electron chi connectivity index (χ0n) is 16.7. The Morgan fingerprint density at radius 1 is 0.750 bits per heavy atom. The number of rotatable bonds is 1. The molecule has 2 heterocycles.